The molecule has 2 aliphatic heterocycles. The molecule has 1 spiro atoms. The molecular weight excluding hydrogens is 228 g/mol. The molecule has 2 heterocycles. The van der Waals surface area contributed by atoms with Gasteiger partial charge in [-0.05, 0) is 25.2 Å². The fraction of sp³-hybridized carbons (Fsp3) is 0.929. The number of carbonyl (C=O) groups excluding carboxylic acids is 1. The van der Waals surface area contributed by atoms with Crippen molar-refractivity contribution >= 4 is 5.91 Å². The second-order valence-electron chi connectivity index (χ2n) is 6.17. The molecule has 2 N–H and O–H groups in total. The zero-order valence-corrected chi connectivity index (χ0v) is 11.8. The SMILES string of the molecule is CC(C)C(C)C(=O)N1CCC2(CC1)OCCC2N. The molecule has 2 aliphatic rings. The van der Waals surface area contributed by atoms with Crippen LogP contribution < -0.4 is 5.73 Å². The van der Waals surface area contributed by atoms with Crippen LogP contribution in [0.3, 0.4) is 0 Å². The van der Waals surface area contributed by atoms with Crippen molar-refractivity contribution in [3.8, 4) is 0 Å². The van der Waals surface area contributed by atoms with E-state index in [1.54, 1.807) is 0 Å². The highest BCUT2D eigenvalue weighted by Gasteiger charge is 2.45. The predicted octanol–water partition coefficient (Wildman–Crippen LogP) is 1.39. The Kier molecular flexibility index (Phi) is 3.97. The second-order valence-corrected chi connectivity index (χ2v) is 6.17. The normalized spacial score (nSPS) is 28.9. The lowest BCUT2D eigenvalue weighted by Crippen LogP contribution is -2.54. The average Bonchev–Trinajstić information content (AvgIpc) is 2.70. The van der Waals surface area contributed by atoms with Crippen molar-refractivity contribution in [2.24, 2.45) is 17.6 Å². The van der Waals surface area contributed by atoms with Gasteiger partial charge in [0.15, 0.2) is 0 Å². The molecule has 0 saturated carbocycles. The molecule has 1 amide bonds. The Morgan fingerprint density at radius 1 is 1.33 bits per heavy atom. The lowest BCUT2D eigenvalue weighted by molar-refractivity contribution is -0.141. The summed E-state index contributed by atoms with van der Waals surface area (Å²) >= 11 is 0. The molecule has 4 nitrogen and oxygen atoms in total. The summed E-state index contributed by atoms with van der Waals surface area (Å²) in [5.74, 6) is 0.794. The van der Waals surface area contributed by atoms with Gasteiger partial charge in [-0.25, -0.2) is 0 Å². The average molecular weight is 254 g/mol. The van der Waals surface area contributed by atoms with Crippen molar-refractivity contribution in [3.05, 3.63) is 0 Å². The van der Waals surface area contributed by atoms with E-state index in [1.165, 1.54) is 0 Å². The van der Waals surface area contributed by atoms with E-state index in [2.05, 4.69) is 13.8 Å². The van der Waals surface area contributed by atoms with E-state index >= 15 is 0 Å². The molecule has 0 radical (unpaired) electrons. The number of ether oxygens (including phenoxy) is 1. The lowest BCUT2D eigenvalue weighted by Gasteiger charge is -2.42. The molecule has 0 aromatic rings. The van der Waals surface area contributed by atoms with Crippen molar-refractivity contribution in [1.29, 1.82) is 0 Å². The first kappa shape index (κ1) is 13.8. The summed E-state index contributed by atoms with van der Waals surface area (Å²) in [5, 5.41) is 0. The molecule has 2 saturated heterocycles. The van der Waals surface area contributed by atoms with Gasteiger partial charge in [0, 0.05) is 31.7 Å². The third-order valence-electron chi connectivity index (χ3n) is 4.81. The molecule has 0 bridgehead atoms. The van der Waals surface area contributed by atoms with Crippen LogP contribution in [0.2, 0.25) is 0 Å². The molecule has 2 unspecified atom stereocenters. The van der Waals surface area contributed by atoms with Gasteiger partial charge in [0.05, 0.1) is 5.60 Å². The lowest BCUT2D eigenvalue weighted by atomic mass is 9.84. The fourth-order valence-electron chi connectivity index (χ4n) is 2.95. The number of hydrogen-bond acceptors (Lipinski definition) is 3. The maximum absolute atomic E-state index is 12.3. The summed E-state index contributed by atoms with van der Waals surface area (Å²) in [7, 11) is 0. The number of hydrogen-bond donors (Lipinski definition) is 1. The summed E-state index contributed by atoms with van der Waals surface area (Å²) in [5.41, 5.74) is 6.00. The maximum Gasteiger partial charge on any atom is 0.225 e. The number of nitrogens with zero attached hydrogens (tertiary/aromatic N) is 1. The molecule has 2 rings (SSSR count). The number of piperidine rings is 1. The standard InChI is InChI=1S/C14H26N2O2/c1-10(2)11(3)13(17)16-7-5-14(6-8-16)12(15)4-9-18-14/h10-12H,4-9,15H2,1-3H3. The van der Waals surface area contributed by atoms with Gasteiger partial charge in [-0.3, -0.25) is 4.79 Å². The Balaban J connectivity index is 1.92. The van der Waals surface area contributed by atoms with Crippen LogP contribution in [0.25, 0.3) is 0 Å². The second kappa shape index (κ2) is 5.17. The maximum atomic E-state index is 12.3. The van der Waals surface area contributed by atoms with Gasteiger partial charge in [0.1, 0.15) is 0 Å². The molecule has 104 valence electrons. The number of amides is 1. The molecule has 18 heavy (non-hydrogen) atoms. The van der Waals surface area contributed by atoms with E-state index in [-0.39, 0.29) is 23.5 Å². The van der Waals surface area contributed by atoms with Crippen LogP contribution in [0, 0.1) is 11.8 Å². The number of nitrogens with two attached hydrogens (primary N) is 1. The van der Waals surface area contributed by atoms with E-state index in [4.69, 9.17) is 10.5 Å². The quantitative estimate of drug-likeness (QED) is 0.810. The van der Waals surface area contributed by atoms with Crippen LogP contribution in [0.1, 0.15) is 40.0 Å². The van der Waals surface area contributed by atoms with E-state index in [1.807, 2.05) is 11.8 Å². The summed E-state index contributed by atoms with van der Waals surface area (Å²) in [6, 6.07) is 0.150. The molecule has 0 aliphatic carbocycles. The van der Waals surface area contributed by atoms with E-state index in [9.17, 15) is 4.79 Å². The van der Waals surface area contributed by atoms with Gasteiger partial charge in [0.2, 0.25) is 5.91 Å². The van der Waals surface area contributed by atoms with Gasteiger partial charge in [-0.2, -0.15) is 0 Å². The molecule has 2 fully saturated rings. The Bertz CT molecular complexity index is 309. The highest BCUT2D eigenvalue weighted by atomic mass is 16.5. The van der Waals surface area contributed by atoms with Gasteiger partial charge in [0.25, 0.3) is 0 Å². The minimum absolute atomic E-state index is 0.109. The van der Waals surface area contributed by atoms with Gasteiger partial charge in [-0.15, -0.1) is 0 Å². The molecular formula is C14H26N2O2. The Morgan fingerprint density at radius 3 is 2.39 bits per heavy atom. The van der Waals surface area contributed by atoms with Crippen LogP contribution in [-0.2, 0) is 9.53 Å². The highest BCUT2D eigenvalue weighted by Crippen LogP contribution is 2.35. The first-order valence-corrected chi connectivity index (χ1v) is 7.14. The van der Waals surface area contributed by atoms with E-state index in [0.29, 0.717) is 5.92 Å². The van der Waals surface area contributed by atoms with Crippen LogP contribution in [0.4, 0.5) is 0 Å². The Morgan fingerprint density at radius 2 is 1.94 bits per heavy atom. The Hall–Kier alpha value is -0.610. The smallest absolute Gasteiger partial charge is 0.225 e. The topological polar surface area (TPSA) is 55.6 Å². The predicted molar refractivity (Wildman–Crippen MR) is 71.1 cm³/mol. The number of carbonyl (C=O) groups is 1. The first-order valence-electron chi connectivity index (χ1n) is 7.14. The monoisotopic (exact) mass is 254 g/mol. The largest absolute Gasteiger partial charge is 0.373 e. The van der Waals surface area contributed by atoms with E-state index in [0.717, 1.165) is 39.0 Å². The van der Waals surface area contributed by atoms with Crippen molar-refractivity contribution in [2.45, 2.75) is 51.7 Å². The van der Waals surface area contributed by atoms with Crippen LogP contribution >= 0.6 is 0 Å². The van der Waals surface area contributed by atoms with Crippen molar-refractivity contribution in [1.82, 2.24) is 4.90 Å². The molecule has 0 aromatic carbocycles. The minimum atomic E-state index is -0.141. The van der Waals surface area contributed by atoms with Crippen LogP contribution in [-0.4, -0.2) is 42.1 Å². The summed E-state index contributed by atoms with van der Waals surface area (Å²) in [6.45, 7) is 8.59. The summed E-state index contributed by atoms with van der Waals surface area (Å²) in [4.78, 5) is 14.3. The summed E-state index contributed by atoms with van der Waals surface area (Å²) < 4.78 is 5.87. The highest BCUT2D eigenvalue weighted by molar-refractivity contribution is 5.78. The molecule has 4 heteroatoms. The first-order chi connectivity index (χ1) is 8.46. The van der Waals surface area contributed by atoms with Gasteiger partial charge < -0.3 is 15.4 Å². The van der Waals surface area contributed by atoms with Crippen molar-refractivity contribution in [2.75, 3.05) is 19.7 Å². The van der Waals surface area contributed by atoms with Crippen molar-refractivity contribution < 1.29 is 9.53 Å². The zero-order chi connectivity index (χ0) is 13.3. The number of rotatable bonds is 2. The van der Waals surface area contributed by atoms with Gasteiger partial charge in [-0.1, -0.05) is 20.8 Å². The Labute approximate surface area is 110 Å². The molecule has 0 aromatic heterocycles. The van der Waals surface area contributed by atoms with E-state index < -0.39 is 0 Å². The third kappa shape index (κ3) is 2.41. The van der Waals surface area contributed by atoms with Crippen LogP contribution in [0.15, 0.2) is 0 Å². The number of likely N-dealkylation sites (tertiary alicyclic amines) is 1. The van der Waals surface area contributed by atoms with Gasteiger partial charge >= 0.3 is 0 Å². The summed E-state index contributed by atoms with van der Waals surface area (Å²) in [6.07, 6.45) is 2.74. The molecule has 2 atom stereocenters. The van der Waals surface area contributed by atoms with Crippen LogP contribution in [0.5, 0.6) is 0 Å². The minimum Gasteiger partial charge on any atom is -0.373 e. The third-order valence-corrected chi connectivity index (χ3v) is 4.81. The van der Waals surface area contributed by atoms with Crippen molar-refractivity contribution in [3.63, 3.8) is 0 Å². The zero-order valence-electron chi connectivity index (χ0n) is 11.8. The fourth-order valence-corrected chi connectivity index (χ4v) is 2.95.